The third-order valence-electron chi connectivity index (χ3n) is 1.52. The van der Waals surface area contributed by atoms with Crippen LogP contribution in [0.4, 0.5) is 0 Å². The summed E-state index contributed by atoms with van der Waals surface area (Å²) in [7, 11) is 0. The maximum atomic E-state index is 8.67. The van der Waals surface area contributed by atoms with Crippen molar-refractivity contribution in [1.82, 2.24) is 0 Å². The van der Waals surface area contributed by atoms with Crippen LogP contribution in [0, 0.1) is 11.3 Å². The highest BCUT2D eigenvalue weighted by Crippen LogP contribution is 2.19. The standard InChI is InChI=1S/C10H8BrN/c1-7(2)9-3-8(6-12)4-10(11)5-9/h3-5H,1H2,2H3. The van der Waals surface area contributed by atoms with Crippen LogP contribution in [-0.2, 0) is 0 Å². The quantitative estimate of drug-likeness (QED) is 0.714. The van der Waals surface area contributed by atoms with Crippen molar-refractivity contribution < 1.29 is 0 Å². The number of benzene rings is 1. The van der Waals surface area contributed by atoms with Crippen LogP contribution in [0.15, 0.2) is 29.3 Å². The number of hydrogen-bond donors (Lipinski definition) is 0. The van der Waals surface area contributed by atoms with Crippen LogP contribution in [0.1, 0.15) is 18.1 Å². The normalized spacial score (nSPS) is 9.08. The van der Waals surface area contributed by atoms with E-state index in [9.17, 15) is 0 Å². The molecular weight excluding hydrogens is 214 g/mol. The molecule has 12 heavy (non-hydrogen) atoms. The second-order valence-corrected chi connectivity index (χ2v) is 3.54. The summed E-state index contributed by atoms with van der Waals surface area (Å²) in [6, 6.07) is 7.65. The van der Waals surface area contributed by atoms with Crippen molar-refractivity contribution in [3.05, 3.63) is 40.4 Å². The van der Waals surface area contributed by atoms with Crippen LogP contribution >= 0.6 is 15.9 Å². The molecule has 0 bridgehead atoms. The molecule has 1 nitrogen and oxygen atoms in total. The summed E-state index contributed by atoms with van der Waals surface area (Å²) in [6.07, 6.45) is 0. The van der Waals surface area contributed by atoms with Gasteiger partial charge in [-0.25, -0.2) is 0 Å². The lowest BCUT2D eigenvalue weighted by Gasteiger charge is -2.00. The first kappa shape index (κ1) is 9.02. The third-order valence-corrected chi connectivity index (χ3v) is 1.98. The molecular formula is C10H8BrN. The molecule has 2 heteroatoms. The van der Waals surface area contributed by atoms with E-state index in [1.54, 1.807) is 6.07 Å². The molecule has 0 spiro atoms. The number of allylic oxidation sites excluding steroid dienone is 1. The molecule has 0 saturated carbocycles. The summed E-state index contributed by atoms with van der Waals surface area (Å²) in [5, 5.41) is 8.67. The van der Waals surface area contributed by atoms with E-state index in [0.29, 0.717) is 5.56 Å². The average Bonchev–Trinajstić information content (AvgIpc) is 2.03. The van der Waals surface area contributed by atoms with Crippen molar-refractivity contribution in [1.29, 1.82) is 5.26 Å². The molecule has 0 saturated heterocycles. The Morgan fingerprint density at radius 1 is 1.50 bits per heavy atom. The van der Waals surface area contributed by atoms with Gasteiger partial charge in [-0.3, -0.25) is 0 Å². The second-order valence-electron chi connectivity index (χ2n) is 2.62. The maximum absolute atomic E-state index is 8.67. The molecule has 1 aromatic rings. The zero-order chi connectivity index (χ0) is 9.14. The Labute approximate surface area is 80.5 Å². The molecule has 0 fully saturated rings. The van der Waals surface area contributed by atoms with E-state index in [2.05, 4.69) is 28.6 Å². The van der Waals surface area contributed by atoms with Crippen molar-refractivity contribution in [2.24, 2.45) is 0 Å². The first-order valence-corrected chi connectivity index (χ1v) is 4.29. The first-order chi connectivity index (χ1) is 5.63. The Bertz CT molecular complexity index is 361. The number of nitriles is 1. The summed E-state index contributed by atoms with van der Waals surface area (Å²) >= 11 is 3.33. The molecule has 0 amide bonds. The van der Waals surface area contributed by atoms with Crippen LogP contribution < -0.4 is 0 Å². The summed E-state index contributed by atoms with van der Waals surface area (Å²) in [4.78, 5) is 0. The molecule has 0 unspecified atom stereocenters. The molecule has 0 aliphatic rings. The Balaban J connectivity index is 3.26. The summed E-state index contributed by atoms with van der Waals surface area (Å²) < 4.78 is 0.916. The Hall–Kier alpha value is -1.07. The van der Waals surface area contributed by atoms with Gasteiger partial charge in [0, 0.05) is 4.47 Å². The maximum Gasteiger partial charge on any atom is 0.0992 e. The van der Waals surface area contributed by atoms with Crippen molar-refractivity contribution >= 4 is 21.5 Å². The molecule has 60 valence electrons. The van der Waals surface area contributed by atoms with Gasteiger partial charge in [0.05, 0.1) is 11.6 Å². The topological polar surface area (TPSA) is 23.8 Å². The highest BCUT2D eigenvalue weighted by Gasteiger charge is 1.98. The fourth-order valence-electron chi connectivity index (χ4n) is 0.901. The predicted octanol–water partition coefficient (Wildman–Crippen LogP) is 3.35. The van der Waals surface area contributed by atoms with E-state index in [4.69, 9.17) is 5.26 Å². The number of nitrogens with zero attached hydrogens (tertiary/aromatic N) is 1. The molecule has 0 atom stereocenters. The van der Waals surface area contributed by atoms with E-state index >= 15 is 0 Å². The van der Waals surface area contributed by atoms with Gasteiger partial charge in [0.25, 0.3) is 0 Å². The van der Waals surface area contributed by atoms with E-state index in [-0.39, 0.29) is 0 Å². The van der Waals surface area contributed by atoms with E-state index in [1.165, 1.54) is 0 Å². The minimum atomic E-state index is 0.655. The number of halogens is 1. The smallest absolute Gasteiger partial charge is 0.0992 e. The van der Waals surface area contributed by atoms with Crippen LogP contribution in [0.5, 0.6) is 0 Å². The van der Waals surface area contributed by atoms with Crippen LogP contribution in [0.2, 0.25) is 0 Å². The molecule has 0 heterocycles. The molecule has 1 rings (SSSR count). The Morgan fingerprint density at radius 2 is 2.17 bits per heavy atom. The fourth-order valence-corrected chi connectivity index (χ4v) is 1.39. The Morgan fingerprint density at radius 3 is 2.67 bits per heavy atom. The van der Waals surface area contributed by atoms with Gasteiger partial charge in [-0.1, -0.05) is 28.1 Å². The van der Waals surface area contributed by atoms with Gasteiger partial charge in [-0.15, -0.1) is 0 Å². The van der Waals surface area contributed by atoms with Gasteiger partial charge >= 0.3 is 0 Å². The minimum absolute atomic E-state index is 0.655. The molecule has 0 aliphatic carbocycles. The van der Waals surface area contributed by atoms with Gasteiger partial charge in [0.2, 0.25) is 0 Å². The van der Waals surface area contributed by atoms with Crippen LogP contribution in [0.3, 0.4) is 0 Å². The SMILES string of the molecule is C=C(C)c1cc(Br)cc(C#N)c1. The Kier molecular flexibility index (Phi) is 2.67. The number of rotatable bonds is 1. The zero-order valence-corrected chi connectivity index (χ0v) is 8.35. The third kappa shape index (κ3) is 1.96. The fraction of sp³-hybridized carbons (Fsp3) is 0.100. The lowest BCUT2D eigenvalue weighted by Crippen LogP contribution is -1.81. The summed E-state index contributed by atoms with van der Waals surface area (Å²) in [5.74, 6) is 0. The first-order valence-electron chi connectivity index (χ1n) is 3.50. The van der Waals surface area contributed by atoms with Crippen molar-refractivity contribution in [2.45, 2.75) is 6.92 Å². The highest BCUT2D eigenvalue weighted by molar-refractivity contribution is 9.10. The van der Waals surface area contributed by atoms with Crippen molar-refractivity contribution in [3.63, 3.8) is 0 Å². The van der Waals surface area contributed by atoms with E-state index < -0.39 is 0 Å². The van der Waals surface area contributed by atoms with Gasteiger partial charge < -0.3 is 0 Å². The largest absolute Gasteiger partial charge is 0.192 e. The summed E-state index contributed by atoms with van der Waals surface area (Å²) in [6.45, 7) is 5.73. The number of hydrogen-bond acceptors (Lipinski definition) is 1. The molecule has 0 N–H and O–H groups in total. The molecule has 0 aromatic heterocycles. The lowest BCUT2D eigenvalue weighted by atomic mass is 10.1. The highest BCUT2D eigenvalue weighted by atomic mass is 79.9. The predicted molar refractivity (Wildman–Crippen MR) is 53.6 cm³/mol. The van der Waals surface area contributed by atoms with Gasteiger partial charge in [-0.2, -0.15) is 5.26 Å². The molecule has 0 aliphatic heterocycles. The van der Waals surface area contributed by atoms with Crippen molar-refractivity contribution in [2.75, 3.05) is 0 Å². The molecule has 0 radical (unpaired) electrons. The van der Waals surface area contributed by atoms with Crippen LogP contribution in [0.25, 0.3) is 5.57 Å². The minimum Gasteiger partial charge on any atom is -0.192 e. The van der Waals surface area contributed by atoms with Gasteiger partial charge in [0.15, 0.2) is 0 Å². The van der Waals surface area contributed by atoms with Gasteiger partial charge in [-0.05, 0) is 30.7 Å². The lowest BCUT2D eigenvalue weighted by molar-refractivity contribution is 1.45. The average molecular weight is 222 g/mol. The monoisotopic (exact) mass is 221 g/mol. The van der Waals surface area contributed by atoms with Crippen molar-refractivity contribution in [3.8, 4) is 6.07 Å². The van der Waals surface area contributed by atoms with Gasteiger partial charge in [0.1, 0.15) is 0 Å². The van der Waals surface area contributed by atoms with Crippen LogP contribution in [-0.4, -0.2) is 0 Å². The van der Waals surface area contributed by atoms with E-state index in [1.807, 2.05) is 19.1 Å². The summed E-state index contributed by atoms with van der Waals surface area (Å²) in [5.41, 5.74) is 2.62. The zero-order valence-electron chi connectivity index (χ0n) is 6.76. The molecule has 1 aromatic carbocycles. The van der Waals surface area contributed by atoms with E-state index in [0.717, 1.165) is 15.6 Å². The second kappa shape index (κ2) is 3.55.